The second-order valence-electron chi connectivity index (χ2n) is 5.08. The zero-order chi connectivity index (χ0) is 13.1. The van der Waals surface area contributed by atoms with E-state index in [9.17, 15) is 14.7 Å². The zero-order valence-corrected chi connectivity index (χ0v) is 10.5. The smallest absolute Gasteiger partial charge is 0.329 e. The van der Waals surface area contributed by atoms with Gasteiger partial charge in [0.1, 0.15) is 5.54 Å². The third-order valence-corrected chi connectivity index (χ3v) is 3.53. The van der Waals surface area contributed by atoms with Gasteiger partial charge in [0.15, 0.2) is 0 Å². The van der Waals surface area contributed by atoms with Gasteiger partial charge in [-0.05, 0) is 26.2 Å². The standard InChI is InChI=1S/C12H22N2O3/c1-3-7-12(2,11(16)17)14-10(15)8-5-4-6-9(8)13/h8-9H,3-7,13H2,1-2H3,(H,14,15)(H,16,17). The Hall–Kier alpha value is -1.10. The van der Waals surface area contributed by atoms with Crippen molar-refractivity contribution in [2.75, 3.05) is 0 Å². The highest BCUT2D eigenvalue weighted by molar-refractivity contribution is 5.88. The molecule has 0 radical (unpaired) electrons. The Balaban J connectivity index is 2.67. The quantitative estimate of drug-likeness (QED) is 0.667. The highest BCUT2D eigenvalue weighted by Gasteiger charge is 2.38. The van der Waals surface area contributed by atoms with Gasteiger partial charge in [-0.1, -0.05) is 19.8 Å². The SMILES string of the molecule is CCCC(C)(NC(=O)C1CCCC1N)C(=O)O. The fourth-order valence-corrected chi connectivity index (χ4v) is 2.40. The number of carboxylic acid groups (broad SMARTS) is 1. The molecular formula is C12H22N2O3. The van der Waals surface area contributed by atoms with Crippen LogP contribution in [0.5, 0.6) is 0 Å². The molecule has 0 aromatic carbocycles. The molecule has 0 saturated heterocycles. The Morgan fingerprint density at radius 2 is 2.12 bits per heavy atom. The third kappa shape index (κ3) is 3.19. The summed E-state index contributed by atoms with van der Waals surface area (Å²) < 4.78 is 0. The number of rotatable bonds is 5. The maximum Gasteiger partial charge on any atom is 0.329 e. The molecule has 0 aromatic rings. The van der Waals surface area contributed by atoms with Crippen LogP contribution in [0.1, 0.15) is 46.0 Å². The first-order valence-corrected chi connectivity index (χ1v) is 6.21. The molecule has 0 aromatic heterocycles. The van der Waals surface area contributed by atoms with Crippen molar-refractivity contribution >= 4 is 11.9 Å². The first-order valence-electron chi connectivity index (χ1n) is 6.21. The van der Waals surface area contributed by atoms with E-state index in [1.54, 1.807) is 6.92 Å². The van der Waals surface area contributed by atoms with Gasteiger partial charge >= 0.3 is 5.97 Å². The van der Waals surface area contributed by atoms with Crippen LogP contribution in [0.3, 0.4) is 0 Å². The Kier molecular flexibility index (Phi) is 4.51. The summed E-state index contributed by atoms with van der Waals surface area (Å²) in [4.78, 5) is 23.2. The van der Waals surface area contributed by atoms with Crippen LogP contribution < -0.4 is 11.1 Å². The molecule has 0 spiro atoms. The van der Waals surface area contributed by atoms with Gasteiger partial charge in [-0.2, -0.15) is 0 Å². The molecular weight excluding hydrogens is 220 g/mol. The van der Waals surface area contributed by atoms with Crippen LogP contribution in [-0.4, -0.2) is 28.6 Å². The molecule has 5 heteroatoms. The van der Waals surface area contributed by atoms with Gasteiger partial charge in [0.2, 0.25) is 5.91 Å². The number of amides is 1. The molecule has 1 saturated carbocycles. The van der Waals surface area contributed by atoms with Crippen LogP contribution in [0, 0.1) is 5.92 Å². The van der Waals surface area contributed by atoms with Crippen LogP contribution in [0.15, 0.2) is 0 Å². The molecule has 1 aliphatic carbocycles. The molecule has 1 amide bonds. The Labute approximate surface area is 102 Å². The number of nitrogens with one attached hydrogen (secondary N) is 1. The van der Waals surface area contributed by atoms with Crippen LogP contribution in [0.2, 0.25) is 0 Å². The van der Waals surface area contributed by atoms with Crippen LogP contribution in [-0.2, 0) is 9.59 Å². The summed E-state index contributed by atoms with van der Waals surface area (Å²) in [5.74, 6) is -1.43. The van der Waals surface area contributed by atoms with Crippen LogP contribution >= 0.6 is 0 Å². The summed E-state index contributed by atoms with van der Waals surface area (Å²) in [6.45, 7) is 3.45. The highest BCUT2D eigenvalue weighted by atomic mass is 16.4. The van der Waals surface area contributed by atoms with Gasteiger partial charge in [-0.3, -0.25) is 4.79 Å². The molecule has 0 aliphatic heterocycles. The molecule has 17 heavy (non-hydrogen) atoms. The molecule has 98 valence electrons. The molecule has 3 unspecified atom stereocenters. The predicted octanol–water partition coefficient (Wildman–Crippen LogP) is 0.873. The van der Waals surface area contributed by atoms with E-state index in [4.69, 9.17) is 5.73 Å². The molecule has 0 bridgehead atoms. The van der Waals surface area contributed by atoms with Crippen molar-refractivity contribution in [1.82, 2.24) is 5.32 Å². The summed E-state index contributed by atoms with van der Waals surface area (Å²) in [5, 5.41) is 11.8. The van der Waals surface area contributed by atoms with E-state index in [-0.39, 0.29) is 17.9 Å². The zero-order valence-electron chi connectivity index (χ0n) is 10.5. The third-order valence-electron chi connectivity index (χ3n) is 3.53. The minimum atomic E-state index is -1.17. The first kappa shape index (κ1) is 14.0. The van der Waals surface area contributed by atoms with Crippen LogP contribution in [0.25, 0.3) is 0 Å². The van der Waals surface area contributed by atoms with Crippen molar-refractivity contribution in [2.24, 2.45) is 11.7 Å². The topological polar surface area (TPSA) is 92.4 Å². The summed E-state index contributed by atoms with van der Waals surface area (Å²) in [6.07, 6.45) is 3.68. The number of carbonyl (C=O) groups excluding carboxylic acids is 1. The molecule has 3 atom stereocenters. The van der Waals surface area contributed by atoms with E-state index in [0.717, 1.165) is 19.3 Å². The Morgan fingerprint density at radius 1 is 1.47 bits per heavy atom. The van der Waals surface area contributed by atoms with E-state index in [1.807, 2.05) is 6.92 Å². The monoisotopic (exact) mass is 242 g/mol. The van der Waals surface area contributed by atoms with Crippen molar-refractivity contribution in [1.29, 1.82) is 0 Å². The Bertz CT molecular complexity index is 306. The van der Waals surface area contributed by atoms with Gasteiger partial charge in [-0.15, -0.1) is 0 Å². The van der Waals surface area contributed by atoms with Gasteiger partial charge in [-0.25, -0.2) is 4.79 Å². The summed E-state index contributed by atoms with van der Waals surface area (Å²) >= 11 is 0. The second kappa shape index (κ2) is 5.49. The fourth-order valence-electron chi connectivity index (χ4n) is 2.40. The number of carbonyl (C=O) groups is 2. The first-order chi connectivity index (χ1) is 7.90. The number of nitrogens with two attached hydrogens (primary N) is 1. The average molecular weight is 242 g/mol. The highest BCUT2D eigenvalue weighted by Crippen LogP contribution is 2.25. The molecule has 0 heterocycles. The van der Waals surface area contributed by atoms with Gasteiger partial charge in [0.05, 0.1) is 5.92 Å². The van der Waals surface area contributed by atoms with Crippen molar-refractivity contribution in [2.45, 2.75) is 57.5 Å². The minimum absolute atomic E-state index is 0.130. The maximum absolute atomic E-state index is 12.0. The van der Waals surface area contributed by atoms with Crippen molar-refractivity contribution in [3.63, 3.8) is 0 Å². The lowest BCUT2D eigenvalue weighted by Crippen LogP contribution is -2.55. The normalized spacial score (nSPS) is 27.5. The number of carboxylic acids is 1. The molecule has 4 N–H and O–H groups in total. The van der Waals surface area contributed by atoms with Gasteiger partial charge < -0.3 is 16.2 Å². The summed E-state index contributed by atoms with van der Waals surface area (Å²) in [6, 6.07) is -0.130. The predicted molar refractivity (Wildman–Crippen MR) is 64.4 cm³/mol. The second-order valence-corrected chi connectivity index (χ2v) is 5.08. The molecule has 1 aliphatic rings. The lowest BCUT2D eigenvalue weighted by atomic mass is 9.94. The lowest BCUT2D eigenvalue weighted by molar-refractivity contribution is -0.148. The molecule has 1 rings (SSSR count). The van der Waals surface area contributed by atoms with Crippen molar-refractivity contribution in [3.8, 4) is 0 Å². The van der Waals surface area contributed by atoms with Gasteiger partial charge in [0.25, 0.3) is 0 Å². The molecule has 5 nitrogen and oxygen atoms in total. The maximum atomic E-state index is 12.0. The van der Waals surface area contributed by atoms with E-state index >= 15 is 0 Å². The fraction of sp³-hybridized carbons (Fsp3) is 0.833. The van der Waals surface area contributed by atoms with E-state index in [0.29, 0.717) is 12.8 Å². The average Bonchev–Trinajstić information content (AvgIpc) is 2.64. The van der Waals surface area contributed by atoms with Gasteiger partial charge in [0, 0.05) is 6.04 Å². The van der Waals surface area contributed by atoms with Crippen molar-refractivity contribution < 1.29 is 14.7 Å². The summed E-state index contributed by atoms with van der Waals surface area (Å²) in [7, 11) is 0. The Morgan fingerprint density at radius 3 is 2.53 bits per heavy atom. The van der Waals surface area contributed by atoms with E-state index in [1.165, 1.54) is 0 Å². The largest absolute Gasteiger partial charge is 0.480 e. The van der Waals surface area contributed by atoms with E-state index in [2.05, 4.69) is 5.32 Å². The van der Waals surface area contributed by atoms with Crippen molar-refractivity contribution in [3.05, 3.63) is 0 Å². The number of hydrogen-bond acceptors (Lipinski definition) is 3. The van der Waals surface area contributed by atoms with E-state index < -0.39 is 11.5 Å². The lowest BCUT2D eigenvalue weighted by Gasteiger charge is -2.28. The number of aliphatic carboxylic acids is 1. The number of hydrogen-bond donors (Lipinski definition) is 3. The summed E-state index contributed by atoms with van der Waals surface area (Å²) in [5.41, 5.74) is 4.67. The van der Waals surface area contributed by atoms with Crippen LogP contribution in [0.4, 0.5) is 0 Å². The molecule has 1 fully saturated rings. The minimum Gasteiger partial charge on any atom is -0.480 e.